The van der Waals surface area contributed by atoms with Gasteiger partial charge in [0.15, 0.2) is 5.69 Å². The Morgan fingerprint density at radius 2 is 2.12 bits per heavy atom. The van der Waals surface area contributed by atoms with Gasteiger partial charge in [-0.05, 0) is 37.3 Å². The Labute approximate surface area is 189 Å². The summed E-state index contributed by atoms with van der Waals surface area (Å²) >= 11 is 0. The fourth-order valence-electron chi connectivity index (χ4n) is 3.78. The molecular formula is C23H23N7O3. The van der Waals surface area contributed by atoms with E-state index >= 15 is 0 Å². The van der Waals surface area contributed by atoms with Crippen LogP contribution in [0.2, 0.25) is 0 Å². The summed E-state index contributed by atoms with van der Waals surface area (Å²) in [5, 5.41) is 12.8. The van der Waals surface area contributed by atoms with E-state index in [0.717, 1.165) is 22.2 Å². The summed E-state index contributed by atoms with van der Waals surface area (Å²) in [6.07, 6.45) is 7.07. The largest absolute Gasteiger partial charge is 0.478 e. The highest BCUT2D eigenvalue weighted by atomic mass is 16.5. The molecule has 33 heavy (non-hydrogen) atoms. The van der Waals surface area contributed by atoms with Gasteiger partial charge in [0.2, 0.25) is 11.8 Å². The maximum atomic E-state index is 13.2. The molecule has 5 rings (SSSR count). The van der Waals surface area contributed by atoms with Gasteiger partial charge in [-0.2, -0.15) is 10.2 Å². The van der Waals surface area contributed by atoms with Crippen molar-refractivity contribution in [3.05, 3.63) is 47.5 Å². The van der Waals surface area contributed by atoms with Gasteiger partial charge < -0.3 is 14.4 Å². The van der Waals surface area contributed by atoms with E-state index < -0.39 is 0 Å². The molecule has 2 bridgehead atoms. The molecule has 4 aromatic heterocycles. The number of rotatable bonds is 2. The first-order valence-corrected chi connectivity index (χ1v) is 10.6. The third kappa shape index (κ3) is 3.69. The van der Waals surface area contributed by atoms with E-state index in [1.165, 1.54) is 0 Å². The van der Waals surface area contributed by atoms with E-state index in [0.29, 0.717) is 41.9 Å². The second-order valence-corrected chi connectivity index (χ2v) is 7.61. The van der Waals surface area contributed by atoms with Crippen molar-refractivity contribution in [3.8, 4) is 23.0 Å². The molecule has 0 saturated heterocycles. The van der Waals surface area contributed by atoms with Gasteiger partial charge in [-0.25, -0.2) is 9.67 Å². The van der Waals surface area contributed by atoms with Gasteiger partial charge >= 0.3 is 0 Å². The molecule has 0 spiro atoms. The number of carbonyl (C=O) groups is 1. The number of hydrogen-bond donors (Lipinski definition) is 1. The monoisotopic (exact) mass is 445 g/mol. The number of ether oxygens (including phenoxy) is 2. The zero-order valence-corrected chi connectivity index (χ0v) is 18.6. The molecular weight excluding hydrogens is 422 g/mol. The lowest BCUT2D eigenvalue weighted by molar-refractivity contribution is 0.0766. The van der Waals surface area contributed by atoms with Crippen LogP contribution in [0.3, 0.4) is 0 Å². The topological polar surface area (TPSA) is 111 Å². The molecule has 1 aliphatic heterocycles. The molecule has 0 aromatic carbocycles. The summed E-state index contributed by atoms with van der Waals surface area (Å²) in [6.45, 7) is 2.96. The number of H-pyrrole nitrogens is 1. The Bertz CT molecular complexity index is 1370. The van der Waals surface area contributed by atoms with E-state index in [-0.39, 0.29) is 12.5 Å². The predicted molar refractivity (Wildman–Crippen MR) is 123 cm³/mol. The molecule has 10 heteroatoms. The zero-order valence-electron chi connectivity index (χ0n) is 18.6. The number of likely N-dealkylation sites (N-methyl/N-ethyl adjacent to an activating group) is 1. The van der Waals surface area contributed by atoms with Gasteiger partial charge in [0.25, 0.3) is 5.91 Å². The molecule has 1 aliphatic rings. The molecule has 0 radical (unpaired) electrons. The number of nitrogens with one attached hydrogen (secondary N) is 1. The van der Waals surface area contributed by atoms with Crippen LogP contribution < -0.4 is 9.47 Å². The summed E-state index contributed by atoms with van der Waals surface area (Å²) in [5.41, 5.74) is 3.88. The minimum Gasteiger partial charge on any atom is -0.478 e. The molecule has 168 valence electrons. The maximum Gasteiger partial charge on any atom is 0.274 e. The lowest BCUT2D eigenvalue weighted by Gasteiger charge is -2.17. The molecule has 4 aromatic rings. The van der Waals surface area contributed by atoms with Crippen molar-refractivity contribution >= 4 is 29.0 Å². The molecule has 1 N–H and O–H groups in total. The fraction of sp³-hybridized carbons (Fsp3) is 0.261. The van der Waals surface area contributed by atoms with Gasteiger partial charge in [0.05, 0.1) is 47.4 Å². The van der Waals surface area contributed by atoms with Crippen molar-refractivity contribution in [2.24, 2.45) is 7.05 Å². The zero-order chi connectivity index (χ0) is 22.9. The molecule has 0 fully saturated rings. The quantitative estimate of drug-likeness (QED) is 0.505. The van der Waals surface area contributed by atoms with Crippen LogP contribution in [0.25, 0.3) is 34.3 Å². The van der Waals surface area contributed by atoms with Crippen LogP contribution in [0.1, 0.15) is 28.7 Å². The lowest BCUT2D eigenvalue weighted by Crippen LogP contribution is -2.31. The van der Waals surface area contributed by atoms with Gasteiger partial charge in [-0.3, -0.25) is 14.9 Å². The van der Waals surface area contributed by atoms with Gasteiger partial charge in [0, 0.05) is 25.7 Å². The summed E-state index contributed by atoms with van der Waals surface area (Å²) in [6, 6.07) is 5.70. The van der Waals surface area contributed by atoms with Crippen molar-refractivity contribution in [2.75, 3.05) is 26.8 Å². The number of nitrogens with zero attached hydrogens (tertiary/aromatic N) is 6. The van der Waals surface area contributed by atoms with Crippen molar-refractivity contribution in [1.29, 1.82) is 0 Å². The second kappa shape index (κ2) is 8.38. The first-order chi connectivity index (χ1) is 16.1. The summed E-state index contributed by atoms with van der Waals surface area (Å²) < 4.78 is 13.3. The van der Waals surface area contributed by atoms with Crippen LogP contribution in [0.5, 0.6) is 11.8 Å². The Balaban J connectivity index is 1.70. The standard InChI is InChI=1S/C23H23N7O3/c1-4-32-23-15-7-8-17-16-12-18(25-13-19(16)27-26-17)14-6-5-9-24-21(14)33-11-10-29(2)22(31)20(15)28-30(23)3/h5-9,12-13H,4,10-11H2,1-3H3,(H,26,27). The van der Waals surface area contributed by atoms with E-state index in [1.807, 2.05) is 37.3 Å². The summed E-state index contributed by atoms with van der Waals surface area (Å²) in [5.74, 6) is 0.744. The SMILES string of the molecule is CCOc1c2c(nn1C)C(=O)N(C)CCOc1ncccc1-c1cc3c(n[nH]c3cn1)C=C2. The highest BCUT2D eigenvalue weighted by Crippen LogP contribution is 2.31. The highest BCUT2D eigenvalue weighted by Gasteiger charge is 2.24. The van der Waals surface area contributed by atoms with Crippen LogP contribution in [0.15, 0.2) is 30.6 Å². The number of aromatic nitrogens is 6. The maximum absolute atomic E-state index is 13.2. The van der Waals surface area contributed by atoms with Crippen LogP contribution >= 0.6 is 0 Å². The molecule has 0 unspecified atom stereocenters. The first-order valence-electron chi connectivity index (χ1n) is 10.6. The fourth-order valence-corrected chi connectivity index (χ4v) is 3.78. The van der Waals surface area contributed by atoms with E-state index in [1.54, 1.807) is 36.1 Å². The number of aromatic amines is 1. The molecule has 0 aliphatic carbocycles. The number of pyridine rings is 2. The predicted octanol–water partition coefficient (Wildman–Crippen LogP) is 2.79. The normalized spacial score (nSPS) is 13.9. The summed E-state index contributed by atoms with van der Waals surface area (Å²) in [7, 11) is 3.47. The number of fused-ring (bicyclic) bond motifs is 4. The van der Waals surface area contributed by atoms with Gasteiger partial charge in [-0.15, -0.1) is 0 Å². The van der Waals surface area contributed by atoms with Crippen molar-refractivity contribution in [3.63, 3.8) is 0 Å². The third-order valence-corrected chi connectivity index (χ3v) is 5.46. The average Bonchev–Trinajstić information content (AvgIpc) is 3.37. The second-order valence-electron chi connectivity index (χ2n) is 7.61. The minimum absolute atomic E-state index is 0.231. The van der Waals surface area contributed by atoms with Crippen LogP contribution in [-0.4, -0.2) is 67.6 Å². The van der Waals surface area contributed by atoms with E-state index in [2.05, 4.69) is 25.3 Å². The van der Waals surface area contributed by atoms with Gasteiger partial charge in [0.1, 0.15) is 6.61 Å². The Kier molecular flexibility index (Phi) is 5.25. The number of aryl methyl sites for hydroxylation is 1. The average molecular weight is 445 g/mol. The molecule has 0 saturated carbocycles. The van der Waals surface area contributed by atoms with Crippen LogP contribution in [-0.2, 0) is 7.05 Å². The smallest absolute Gasteiger partial charge is 0.274 e. The molecule has 5 heterocycles. The van der Waals surface area contributed by atoms with Crippen molar-refractivity contribution < 1.29 is 14.3 Å². The highest BCUT2D eigenvalue weighted by molar-refractivity contribution is 5.99. The minimum atomic E-state index is -0.231. The Hall–Kier alpha value is -4.21. The van der Waals surface area contributed by atoms with Crippen molar-refractivity contribution in [2.45, 2.75) is 6.92 Å². The van der Waals surface area contributed by atoms with Crippen LogP contribution in [0, 0.1) is 0 Å². The Morgan fingerprint density at radius 3 is 2.97 bits per heavy atom. The van der Waals surface area contributed by atoms with E-state index in [9.17, 15) is 4.79 Å². The number of carbonyl (C=O) groups excluding carboxylic acids is 1. The molecule has 0 atom stereocenters. The molecule has 1 amide bonds. The van der Waals surface area contributed by atoms with Gasteiger partial charge in [-0.1, -0.05) is 0 Å². The lowest BCUT2D eigenvalue weighted by atomic mass is 10.1. The number of hydrogen-bond acceptors (Lipinski definition) is 7. The number of amides is 1. The molecule has 10 nitrogen and oxygen atoms in total. The first kappa shape index (κ1) is 20.7. The van der Waals surface area contributed by atoms with Crippen molar-refractivity contribution in [1.82, 2.24) is 34.8 Å². The Morgan fingerprint density at radius 1 is 1.24 bits per heavy atom. The summed E-state index contributed by atoms with van der Waals surface area (Å²) in [4.78, 5) is 23.8. The third-order valence-electron chi connectivity index (χ3n) is 5.46. The van der Waals surface area contributed by atoms with Crippen LogP contribution in [0.4, 0.5) is 0 Å². The van der Waals surface area contributed by atoms with E-state index in [4.69, 9.17) is 9.47 Å².